The molecule has 0 fully saturated rings. The van der Waals surface area contributed by atoms with E-state index in [2.05, 4.69) is 28.2 Å². The third-order valence-electron chi connectivity index (χ3n) is 2.54. The van der Waals surface area contributed by atoms with Gasteiger partial charge in [0, 0.05) is 17.1 Å². The van der Waals surface area contributed by atoms with Crippen molar-refractivity contribution >= 4 is 22.6 Å². The van der Waals surface area contributed by atoms with E-state index in [1.165, 1.54) is 0 Å². The average molecular weight is 229 g/mol. The number of aromatic amines is 1. The van der Waals surface area contributed by atoms with Crippen molar-refractivity contribution in [2.75, 3.05) is 0 Å². The summed E-state index contributed by atoms with van der Waals surface area (Å²) < 4.78 is 0. The van der Waals surface area contributed by atoms with Crippen LogP contribution in [-0.2, 0) is 0 Å². The molecule has 0 spiro atoms. The molecule has 0 saturated heterocycles. The number of benzene rings is 1. The van der Waals surface area contributed by atoms with Crippen LogP contribution in [0.15, 0.2) is 48.7 Å². The lowest BCUT2D eigenvalue weighted by Crippen LogP contribution is -1.80. The smallest absolute Gasteiger partial charge is 0.138 e. The Hall–Kier alpha value is -1.80. The van der Waals surface area contributed by atoms with Gasteiger partial charge in [-0.3, -0.25) is 0 Å². The van der Waals surface area contributed by atoms with Gasteiger partial charge in [-0.1, -0.05) is 41.9 Å². The molecule has 0 radical (unpaired) electrons. The van der Waals surface area contributed by atoms with Gasteiger partial charge in [-0.2, -0.15) is 0 Å². The van der Waals surface area contributed by atoms with Gasteiger partial charge in [0.05, 0.1) is 0 Å². The van der Waals surface area contributed by atoms with E-state index in [0.717, 1.165) is 22.2 Å². The van der Waals surface area contributed by atoms with Gasteiger partial charge in [-0.15, -0.1) is 0 Å². The Kier molecular flexibility index (Phi) is 2.15. The van der Waals surface area contributed by atoms with Crippen molar-refractivity contribution in [1.82, 2.24) is 9.97 Å². The molecule has 0 saturated carbocycles. The number of nitrogens with zero attached hydrogens (tertiary/aromatic N) is 1. The molecule has 0 amide bonds. The maximum atomic E-state index is 5.89. The highest BCUT2D eigenvalue weighted by Crippen LogP contribution is 2.24. The minimum atomic E-state index is 0.618. The van der Waals surface area contributed by atoms with Crippen LogP contribution in [0.2, 0.25) is 5.15 Å². The summed E-state index contributed by atoms with van der Waals surface area (Å²) in [7, 11) is 0. The SMILES string of the molecule is Clc1cc2cc(-c3ccccc3)cnc2[nH]1. The Morgan fingerprint density at radius 2 is 1.81 bits per heavy atom. The van der Waals surface area contributed by atoms with Gasteiger partial charge in [0.15, 0.2) is 0 Å². The maximum absolute atomic E-state index is 5.89. The van der Waals surface area contributed by atoms with E-state index in [1.807, 2.05) is 30.5 Å². The van der Waals surface area contributed by atoms with Crippen LogP contribution in [0.3, 0.4) is 0 Å². The van der Waals surface area contributed by atoms with E-state index < -0.39 is 0 Å². The Bertz CT molecular complexity index is 629. The topological polar surface area (TPSA) is 28.7 Å². The number of H-pyrrole nitrogens is 1. The molecule has 0 aliphatic heterocycles. The third-order valence-corrected chi connectivity index (χ3v) is 2.75. The van der Waals surface area contributed by atoms with Gasteiger partial charge in [-0.05, 0) is 17.7 Å². The van der Waals surface area contributed by atoms with Crippen molar-refractivity contribution < 1.29 is 0 Å². The van der Waals surface area contributed by atoms with E-state index in [-0.39, 0.29) is 0 Å². The fourth-order valence-electron chi connectivity index (χ4n) is 1.77. The molecule has 3 rings (SSSR count). The molecule has 1 N–H and O–H groups in total. The highest BCUT2D eigenvalue weighted by atomic mass is 35.5. The van der Waals surface area contributed by atoms with Gasteiger partial charge < -0.3 is 4.98 Å². The van der Waals surface area contributed by atoms with E-state index in [9.17, 15) is 0 Å². The molecule has 1 aromatic carbocycles. The number of rotatable bonds is 1. The molecule has 0 aliphatic rings. The molecule has 2 aromatic heterocycles. The number of hydrogen-bond acceptors (Lipinski definition) is 1. The van der Waals surface area contributed by atoms with Crippen molar-refractivity contribution in [2.24, 2.45) is 0 Å². The first-order valence-corrected chi connectivity index (χ1v) is 5.40. The molecule has 0 unspecified atom stereocenters. The Morgan fingerprint density at radius 3 is 2.62 bits per heavy atom. The Labute approximate surface area is 97.9 Å². The molecule has 0 bridgehead atoms. The van der Waals surface area contributed by atoms with Crippen LogP contribution in [0, 0.1) is 0 Å². The predicted molar refractivity (Wildman–Crippen MR) is 66.5 cm³/mol. The van der Waals surface area contributed by atoms with Gasteiger partial charge >= 0.3 is 0 Å². The largest absolute Gasteiger partial charge is 0.330 e. The number of halogens is 1. The van der Waals surface area contributed by atoms with Gasteiger partial charge in [0.2, 0.25) is 0 Å². The minimum Gasteiger partial charge on any atom is -0.330 e. The van der Waals surface area contributed by atoms with E-state index in [1.54, 1.807) is 0 Å². The minimum absolute atomic E-state index is 0.618. The summed E-state index contributed by atoms with van der Waals surface area (Å²) >= 11 is 5.89. The van der Waals surface area contributed by atoms with Crippen molar-refractivity contribution in [1.29, 1.82) is 0 Å². The second kappa shape index (κ2) is 3.65. The lowest BCUT2D eigenvalue weighted by Gasteiger charge is -2.00. The van der Waals surface area contributed by atoms with Crippen LogP contribution in [0.5, 0.6) is 0 Å². The van der Waals surface area contributed by atoms with Crippen molar-refractivity contribution in [3.8, 4) is 11.1 Å². The molecule has 78 valence electrons. The van der Waals surface area contributed by atoms with Crippen LogP contribution in [0.4, 0.5) is 0 Å². The predicted octanol–water partition coefficient (Wildman–Crippen LogP) is 3.88. The molecule has 2 nitrogen and oxygen atoms in total. The highest BCUT2D eigenvalue weighted by molar-refractivity contribution is 6.30. The van der Waals surface area contributed by atoms with Crippen LogP contribution < -0.4 is 0 Å². The maximum Gasteiger partial charge on any atom is 0.138 e. The fraction of sp³-hybridized carbons (Fsp3) is 0. The standard InChI is InChI=1S/C13H9ClN2/c14-12-7-10-6-11(8-15-13(10)16-12)9-4-2-1-3-5-9/h1-8H,(H,15,16). The van der Waals surface area contributed by atoms with Crippen LogP contribution in [-0.4, -0.2) is 9.97 Å². The number of aromatic nitrogens is 2. The summed E-state index contributed by atoms with van der Waals surface area (Å²) in [5.74, 6) is 0. The van der Waals surface area contributed by atoms with E-state index in [0.29, 0.717) is 5.15 Å². The molecular formula is C13H9ClN2. The van der Waals surface area contributed by atoms with Gasteiger partial charge in [0.1, 0.15) is 10.8 Å². The summed E-state index contributed by atoms with van der Waals surface area (Å²) in [4.78, 5) is 7.33. The van der Waals surface area contributed by atoms with Crippen LogP contribution in [0.1, 0.15) is 0 Å². The first-order valence-electron chi connectivity index (χ1n) is 5.02. The Morgan fingerprint density at radius 1 is 1.00 bits per heavy atom. The van der Waals surface area contributed by atoms with Crippen LogP contribution >= 0.6 is 11.6 Å². The zero-order valence-corrected chi connectivity index (χ0v) is 9.20. The summed E-state index contributed by atoms with van der Waals surface area (Å²) in [6.45, 7) is 0. The first-order chi connectivity index (χ1) is 7.83. The Balaban J connectivity index is 2.18. The number of pyridine rings is 1. The van der Waals surface area contributed by atoms with Gasteiger partial charge in [0.25, 0.3) is 0 Å². The second-order valence-corrected chi connectivity index (χ2v) is 4.05. The quantitative estimate of drug-likeness (QED) is 0.673. The van der Waals surface area contributed by atoms with E-state index in [4.69, 9.17) is 11.6 Å². The number of fused-ring (bicyclic) bond motifs is 1. The molecule has 2 heterocycles. The van der Waals surface area contributed by atoms with Crippen molar-refractivity contribution in [2.45, 2.75) is 0 Å². The van der Waals surface area contributed by atoms with Crippen molar-refractivity contribution in [3.05, 3.63) is 53.8 Å². The monoisotopic (exact) mass is 228 g/mol. The lowest BCUT2D eigenvalue weighted by molar-refractivity contribution is 1.32. The zero-order chi connectivity index (χ0) is 11.0. The first kappa shape index (κ1) is 9.43. The second-order valence-electron chi connectivity index (χ2n) is 3.65. The molecule has 0 aliphatic carbocycles. The molecular weight excluding hydrogens is 220 g/mol. The molecule has 3 heteroatoms. The van der Waals surface area contributed by atoms with Crippen LogP contribution in [0.25, 0.3) is 22.2 Å². The lowest BCUT2D eigenvalue weighted by atomic mass is 10.1. The fourth-order valence-corrected chi connectivity index (χ4v) is 1.98. The molecule has 16 heavy (non-hydrogen) atoms. The number of hydrogen-bond donors (Lipinski definition) is 1. The van der Waals surface area contributed by atoms with Gasteiger partial charge in [-0.25, -0.2) is 4.98 Å². The molecule has 3 aromatic rings. The highest BCUT2D eigenvalue weighted by Gasteiger charge is 2.02. The van der Waals surface area contributed by atoms with Crippen molar-refractivity contribution in [3.63, 3.8) is 0 Å². The zero-order valence-electron chi connectivity index (χ0n) is 8.44. The summed E-state index contributed by atoms with van der Waals surface area (Å²) in [5.41, 5.74) is 3.09. The summed E-state index contributed by atoms with van der Waals surface area (Å²) in [6.07, 6.45) is 1.85. The number of nitrogens with one attached hydrogen (secondary N) is 1. The average Bonchev–Trinajstić information content (AvgIpc) is 2.69. The normalized spacial score (nSPS) is 10.8. The summed E-state index contributed by atoms with van der Waals surface area (Å²) in [5, 5.41) is 1.65. The summed E-state index contributed by atoms with van der Waals surface area (Å²) in [6, 6.07) is 14.1. The third kappa shape index (κ3) is 1.57. The van der Waals surface area contributed by atoms with E-state index >= 15 is 0 Å². The molecule has 0 atom stereocenters.